The number of benzene rings is 1. The van der Waals surface area contributed by atoms with Crippen LogP contribution >= 0.6 is 11.6 Å². The first kappa shape index (κ1) is 16.2. The lowest BCUT2D eigenvalue weighted by molar-refractivity contribution is -0.387. The minimum absolute atomic E-state index is 0.106. The monoisotopic (exact) mass is 333 g/mol. The van der Waals surface area contributed by atoms with Gasteiger partial charge in [0.15, 0.2) is 4.90 Å². The molecule has 1 heterocycles. The molecule has 2 N–H and O–H groups in total. The fraction of sp³-hybridized carbons (Fsp3) is 0.500. The lowest BCUT2D eigenvalue weighted by Gasteiger charge is -2.33. The van der Waals surface area contributed by atoms with Crippen molar-refractivity contribution >= 4 is 27.3 Å². The molecule has 2 unspecified atom stereocenters. The summed E-state index contributed by atoms with van der Waals surface area (Å²) < 4.78 is 26.5. The van der Waals surface area contributed by atoms with Crippen LogP contribution in [0.25, 0.3) is 0 Å². The summed E-state index contributed by atoms with van der Waals surface area (Å²) in [5, 5.41) is 11.2. The van der Waals surface area contributed by atoms with Crippen LogP contribution in [0.1, 0.15) is 13.3 Å². The molecule has 7 nitrogen and oxygen atoms in total. The molecule has 9 heteroatoms. The number of sulfonamides is 1. The van der Waals surface area contributed by atoms with Crippen LogP contribution in [-0.2, 0) is 10.0 Å². The second kappa shape index (κ2) is 5.88. The van der Waals surface area contributed by atoms with E-state index in [2.05, 4.69) is 0 Å². The lowest BCUT2D eigenvalue weighted by Crippen LogP contribution is -2.48. The maximum absolute atomic E-state index is 12.6. The summed E-state index contributed by atoms with van der Waals surface area (Å²) in [6, 6.07) is 3.27. The molecule has 116 valence electrons. The van der Waals surface area contributed by atoms with Gasteiger partial charge in [0.25, 0.3) is 5.69 Å². The van der Waals surface area contributed by atoms with Crippen molar-refractivity contribution in [2.45, 2.75) is 24.3 Å². The molecule has 2 rings (SSSR count). The Bertz CT molecular complexity index is 654. The third-order valence-electron chi connectivity index (χ3n) is 3.39. The molecule has 21 heavy (non-hydrogen) atoms. The van der Waals surface area contributed by atoms with E-state index in [1.54, 1.807) is 0 Å². The molecule has 0 spiro atoms. The Hall–Kier alpha value is -1.22. The van der Waals surface area contributed by atoms with Gasteiger partial charge in [0.05, 0.1) is 4.92 Å². The van der Waals surface area contributed by atoms with Crippen LogP contribution in [0.4, 0.5) is 5.69 Å². The van der Waals surface area contributed by atoms with E-state index in [9.17, 15) is 18.5 Å². The topological polar surface area (TPSA) is 107 Å². The van der Waals surface area contributed by atoms with Crippen LogP contribution in [0.15, 0.2) is 23.1 Å². The number of nitro benzene ring substituents is 1. The third kappa shape index (κ3) is 3.34. The van der Waals surface area contributed by atoms with Crippen LogP contribution in [0.3, 0.4) is 0 Å². The average Bonchev–Trinajstić information content (AvgIpc) is 2.37. The minimum atomic E-state index is -3.97. The summed E-state index contributed by atoms with van der Waals surface area (Å²) in [5.74, 6) is 0.106. The van der Waals surface area contributed by atoms with Crippen molar-refractivity contribution in [1.29, 1.82) is 0 Å². The second-order valence-corrected chi connectivity index (χ2v) is 7.63. The third-order valence-corrected chi connectivity index (χ3v) is 5.51. The predicted octanol–water partition coefficient (Wildman–Crippen LogP) is 1.61. The lowest BCUT2D eigenvalue weighted by atomic mass is 9.99. The molecule has 1 aliphatic heterocycles. The molecule has 2 atom stereocenters. The molecule has 0 radical (unpaired) electrons. The Morgan fingerprint density at radius 3 is 2.67 bits per heavy atom. The molecule has 1 fully saturated rings. The first-order valence-electron chi connectivity index (χ1n) is 6.41. The van der Waals surface area contributed by atoms with E-state index >= 15 is 0 Å². The fourth-order valence-corrected chi connectivity index (χ4v) is 4.46. The van der Waals surface area contributed by atoms with Crippen molar-refractivity contribution in [1.82, 2.24) is 4.31 Å². The van der Waals surface area contributed by atoms with Gasteiger partial charge in [0, 0.05) is 30.2 Å². The first-order valence-corrected chi connectivity index (χ1v) is 8.23. The summed E-state index contributed by atoms with van der Waals surface area (Å²) in [5.41, 5.74) is 5.33. The van der Waals surface area contributed by atoms with Gasteiger partial charge in [0.1, 0.15) is 0 Å². The van der Waals surface area contributed by atoms with Gasteiger partial charge in [-0.1, -0.05) is 18.5 Å². The molecular formula is C12H16ClN3O4S. The average molecular weight is 334 g/mol. The summed E-state index contributed by atoms with van der Waals surface area (Å²) in [6.45, 7) is 2.36. The number of nitrogens with zero attached hydrogens (tertiary/aromatic N) is 2. The van der Waals surface area contributed by atoms with Crippen molar-refractivity contribution < 1.29 is 13.3 Å². The molecule has 0 aromatic heterocycles. The number of hydrogen-bond acceptors (Lipinski definition) is 5. The second-order valence-electron chi connectivity index (χ2n) is 5.29. The highest BCUT2D eigenvalue weighted by Gasteiger charge is 2.36. The van der Waals surface area contributed by atoms with Crippen molar-refractivity contribution in [3.05, 3.63) is 33.3 Å². The summed E-state index contributed by atoms with van der Waals surface area (Å²) in [4.78, 5) is 9.98. The molecule has 0 bridgehead atoms. The largest absolute Gasteiger partial charge is 0.326 e. The Balaban J connectivity index is 2.47. The molecule has 1 aromatic carbocycles. The van der Waals surface area contributed by atoms with Crippen molar-refractivity contribution in [3.8, 4) is 0 Å². The molecule has 1 saturated heterocycles. The van der Waals surface area contributed by atoms with E-state index in [1.165, 1.54) is 16.4 Å². The number of rotatable bonds is 3. The van der Waals surface area contributed by atoms with Gasteiger partial charge in [-0.3, -0.25) is 10.1 Å². The predicted molar refractivity (Wildman–Crippen MR) is 78.6 cm³/mol. The van der Waals surface area contributed by atoms with E-state index < -0.39 is 20.6 Å². The molecule has 0 amide bonds. The first-order chi connectivity index (χ1) is 9.71. The van der Waals surface area contributed by atoms with Gasteiger partial charge in [-0.2, -0.15) is 4.31 Å². The van der Waals surface area contributed by atoms with Gasteiger partial charge in [-0.15, -0.1) is 0 Å². The highest BCUT2D eigenvalue weighted by Crippen LogP contribution is 2.31. The number of nitro groups is 1. The quantitative estimate of drug-likeness (QED) is 0.668. The smallest absolute Gasteiger partial charge is 0.290 e. The molecule has 1 aromatic rings. The Morgan fingerprint density at radius 2 is 2.10 bits per heavy atom. The van der Waals surface area contributed by atoms with Gasteiger partial charge in [0.2, 0.25) is 10.0 Å². The van der Waals surface area contributed by atoms with Crippen molar-refractivity contribution in [2.24, 2.45) is 11.7 Å². The number of hydrogen-bond donors (Lipinski definition) is 1. The zero-order valence-corrected chi connectivity index (χ0v) is 13.0. The summed E-state index contributed by atoms with van der Waals surface area (Å²) >= 11 is 5.71. The van der Waals surface area contributed by atoms with Gasteiger partial charge >= 0.3 is 0 Å². The molecule has 1 aliphatic rings. The molecule has 0 aliphatic carbocycles. The highest BCUT2D eigenvalue weighted by molar-refractivity contribution is 7.89. The van der Waals surface area contributed by atoms with Crippen LogP contribution in [0.5, 0.6) is 0 Å². The zero-order valence-electron chi connectivity index (χ0n) is 11.4. The fourth-order valence-electron chi connectivity index (χ4n) is 2.54. The maximum atomic E-state index is 12.6. The van der Waals surface area contributed by atoms with Crippen LogP contribution < -0.4 is 5.73 Å². The van der Waals surface area contributed by atoms with Crippen molar-refractivity contribution in [3.63, 3.8) is 0 Å². The zero-order chi connectivity index (χ0) is 15.8. The van der Waals surface area contributed by atoms with E-state index in [1.807, 2.05) is 6.92 Å². The molecular weight excluding hydrogens is 318 g/mol. The Kier molecular flexibility index (Phi) is 4.52. The maximum Gasteiger partial charge on any atom is 0.290 e. The number of halogens is 1. The Morgan fingerprint density at radius 1 is 1.43 bits per heavy atom. The van der Waals surface area contributed by atoms with E-state index in [0.29, 0.717) is 6.54 Å². The summed E-state index contributed by atoms with van der Waals surface area (Å²) in [7, 11) is -3.97. The van der Waals surface area contributed by atoms with Crippen LogP contribution in [-0.4, -0.2) is 36.8 Å². The minimum Gasteiger partial charge on any atom is -0.326 e. The molecule has 0 saturated carbocycles. The van der Waals surface area contributed by atoms with Gasteiger partial charge < -0.3 is 5.73 Å². The van der Waals surface area contributed by atoms with Crippen molar-refractivity contribution in [2.75, 3.05) is 13.1 Å². The summed E-state index contributed by atoms with van der Waals surface area (Å²) in [6.07, 6.45) is 0.731. The standard InChI is InChI=1S/C12H16ClN3O4S/c1-8-4-10(14)7-15(6-8)21(19,20)12-3-2-9(13)5-11(12)16(17)18/h2-3,5,8,10H,4,6-7,14H2,1H3. The Labute approximate surface area is 127 Å². The van der Waals surface area contributed by atoms with Gasteiger partial charge in [-0.05, 0) is 24.5 Å². The van der Waals surface area contributed by atoms with E-state index in [-0.39, 0.29) is 28.4 Å². The SMILES string of the molecule is CC1CC(N)CN(S(=O)(=O)c2ccc(Cl)cc2[N+](=O)[O-])C1. The van der Waals surface area contributed by atoms with Gasteiger partial charge in [-0.25, -0.2) is 8.42 Å². The number of nitrogens with two attached hydrogens (primary N) is 1. The highest BCUT2D eigenvalue weighted by atomic mass is 35.5. The number of piperidine rings is 1. The van der Waals surface area contributed by atoms with Crippen LogP contribution in [0.2, 0.25) is 5.02 Å². The normalized spacial score (nSPS) is 24.0. The van der Waals surface area contributed by atoms with E-state index in [4.69, 9.17) is 17.3 Å². The van der Waals surface area contributed by atoms with E-state index in [0.717, 1.165) is 12.5 Å². The van der Waals surface area contributed by atoms with Crippen LogP contribution in [0, 0.1) is 16.0 Å².